The van der Waals surface area contributed by atoms with Crippen LogP contribution >= 0.6 is 12.2 Å². The van der Waals surface area contributed by atoms with Crippen molar-refractivity contribution in [3.8, 4) is 5.75 Å². The van der Waals surface area contributed by atoms with Gasteiger partial charge in [0.25, 0.3) is 17.5 Å². The van der Waals surface area contributed by atoms with Gasteiger partial charge in [-0.25, -0.2) is 0 Å². The average molecular weight is 402 g/mol. The van der Waals surface area contributed by atoms with Crippen LogP contribution in [0, 0.1) is 10.1 Å². The van der Waals surface area contributed by atoms with Crippen LogP contribution in [0.5, 0.6) is 5.75 Å². The number of nitrogens with one attached hydrogen (secondary N) is 3. The quantitative estimate of drug-likeness (QED) is 0.398. The Bertz CT molecular complexity index is 916. The Labute approximate surface area is 166 Å². The van der Waals surface area contributed by atoms with Gasteiger partial charge < -0.3 is 4.74 Å². The summed E-state index contributed by atoms with van der Waals surface area (Å²) in [6, 6.07) is 12.1. The lowest BCUT2D eigenvalue weighted by molar-refractivity contribution is -0.385. The largest absolute Gasteiger partial charge is 0.490 e. The van der Waals surface area contributed by atoms with Crippen LogP contribution in [0.2, 0.25) is 0 Å². The van der Waals surface area contributed by atoms with E-state index in [4.69, 9.17) is 17.0 Å². The van der Waals surface area contributed by atoms with Gasteiger partial charge in [-0.05, 0) is 44.3 Å². The third-order valence-corrected chi connectivity index (χ3v) is 3.56. The molecule has 9 nitrogen and oxygen atoms in total. The molecule has 2 amide bonds. The standard InChI is InChI=1S/C18H18N4O5S/c1-11(2)27-15-10-6-4-8-13(15)16(23)19-18(28)21-20-17(24)12-7-3-5-9-14(12)22(25)26/h3-11H,1-2H3,(H,20,24)(H2,19,21,23,28). The summed E-state index contributed by atoms with van der Waals surface area (Å²) in [6.07, 6.45) is -0.125. The van der Waals surface area contributed by atoms with Crippen LogP contribution in [-0.4, -0.2) is 28.0 Å². The van der Waals surface area contributed by atoms with E-state index < -0.39 is 16.7 Å². The summed E-state index contributed by atoms with van der Waals surface area (Å²) in [4.78, 5) is 34.8. The molecule has 0 saturated heterocycles. The van der Waals surface area contributed by atoms with E-state index in [2.05, 4.69) is 16.2 Å². The summed E-state index contributed by atoms with van der Waals surface area (Å²) in [6.45, 7) is 3.67. The van der Waals surface area contributed by atoms with Crippen molar-refractivity contribution in [3.05, 3.63) is 69.8 Å². The molecule has 0 radical (unpaired) electrons. The number of hydrogen-bond acceptors (Lipinski definition) is 6. The third-order valence-electron chi connectivity index (χ3n) is 3.36. The number of hydrazine groups is 1. The summed E-state index contributed by atoms with van der Waals surface area (Å²) in [5.74, 6) is -0.914. The van der Waals surface area contributed by atoms with Gasteiger partial charge in [-0.15, -0.1) is 0 Å². The van der Waals surface area contributed by atoms with E-state index in [1.807, 2.05) is 13.8 Å². The number of hydrogen-bond donors (Lipinski definition) is 3. The zero-order valence-corrected chi connectivity index (χ0v) is 15.9. The predicted molar refractivity (Wildman–Crippen MR) is 106 cm³/mol. The number of para-hydroxylation sites is 2. The zero-order chi connectivity index (χ0) is 20.7. The van der Waals surface area contributed by atoms with Crippen molar-refractivity contribution in [3.63, 3.8) is 0 Å². The fraction of sp³-hybridized carbons (Fsp3) is 0.167. The summed E-state index contributed by atoms with van der Waals surface area (Å²) in [5, 5.41) is 13.2. The Balaban J connectivity index is 1.99. The lowest BCUT2D eigenvalue weighted by Gasteiger charge is -2.15. The van der Waals surface area contributed by atoms with Crippen molar-refractivity contribution in [2.45, 2.75) is 20.0 Å². The van der Waals surface area contributed by atoms with Crippen molar-refractivity contribution in [2.75, 3.05) is 0 Å². The van der Waals surface area contributed by atoms with Crippen LogP contribution in [0.4, 0.5) is 5.69 Å². The first-order valence-corrected chi connectivity index (χ1v) is 8.61. The van der Waals surface area contributed by atoms with E-state index in [-0.39, 0.29) is 28.0 Å². The van der Waals surface area contributed by atoms with Gasteiger partial charge in [0.05, 0.1) is 16.6 Å². The van der Waals surface area contributed by atoms with Crippen LogP contribution in [0.1, 0.15) is 34.6 Å². The minimum Gasteiger partial charge on any atom is -0.490 e. The molecule has 2 aromatic rings. The van der Waals surface area contributed by atoms with E-state index >= 15 is 0 Å². The molecule has 2 rings (SSSR count). The van der Waals surface area contributed by atoms with Gasteiger partial charge in [0, 0.05) is 6.07 Å². The molecule has 0 aromatic heterocycles. The van der Waals surface area contributed by atoms with Crippen molar-refractivity contribution in [1.82, 2.24) is 16.2 Å². The molecule has 0 aliphatic carbocycles. The van der Waals surface area contributed by atoms with E-state index in [0.29, 0.717) is 5.75 Å². The van der Waals surface area contributed by atoms with Crippen LogP contribution in [0.25, 0.3) is 0 Å². The number of ether oxygens (including phenoxy) is 1. The lowest BCUT2D eigenvalue weighted by Crippen LogP contribution is -2.48. The first-order chi connectivity index (χ1) is 13.3. The number of nitrogens with zero attached hydrogens (tertiary/aromatic N) is 1. The maximum Gasteiger partial charge on any atom is 0.282 e. The molecule has 0 spiro atoms. The molecule has 3 N–H and O–H groups in total. The molecule has 0 unspecified atom stereocenters. The topological polar surface area (TPSA) is 123 Å². The van der Waals surface area contributed by atoms with Crippen molar-refractivity contribution < 1.29 is 19.2 Å². The number of rotatable bonds is 5. The Kier molecular flexibility index (Phi) is 6.99. The highest BCUT2D eigenvalue weighted by Gasteiger charge is 2.20. The van der Waals surface area contributed by atoms with Crippen LogP contribution in [0.15, 0.2) is 48.5 Å². The molecule has 0 saturated carbocycles. The first-order valence-electron chi connectivity index (χ1n) is 8.20. The van der Waals surface area contributed by atoms with Crippen molar-refractivity contribution in [1.29, 1.82) is 0 Å². The molecular weight excluding hydrogens is 384 g/mol. The molecule has 0 fully saturated rings. The monoisotopic (exact) mass is 402 g/mol. The minimum absolute atomic E-state index is 0.125. The molecule has 0 aliphatic rings. The van der Waals surface area contributed by atoms with Gasteiger partial charge >= 0.3 is 0 Å². The number of nitro benzene ring substituents is 1. The van der Waals surface area contributed by atoms with Gasteiger partial charge in [-0.3, -0.25) is 35.9 Å². The average Bonchev–Trinajstić information content (AvgIpc) is 2.66. The molecule has 28 heavy (non-hydrogen) atoms. The second kappa shape index (κ2) is 9.42. The maximum absolute atomic E-state index is 12.4. The van der Waals surface area contributed by atoms with Crippen LogP contribution in [0.3, 0.4) is 0 Å². The highest BCUT2D eigenvalue weighted by molar-refractivity contribution is 7.80. The second-order valence-electron chi connectivity index (χ2n) is 5.80. The molecular formula is C18H18N4O5S. The predicted octanol–water partition coefficient (Wildman–Crippen LogP) is 2.33. The molecule has 2 aromatic carbocycles. The normalized spacial score (nSPS) is 10.1. The molecule has 0 bridgehead atoms. The van der Waals surface area contributed by atoms with Gasteiger partial charge in [-0.1, -0.05) is 24.3 Å². The Morgan fingerprint density at radius 1 is 1.00 bits per heavy atom. The van der Waals surface area contributed by atoms with Crippen LogP contribution < -0.4 is 20.9 Å². The van der Waals surface area contributed by atoms with E-state index in [9.17, 15) is 19.7 Å². The van der Waals surface area contributed by atoms with E-state index in [1.165, 1.54) is 24.3 Å². The zero-order valence-electron chi connectivity index (χ0n) is 15.1. The van der Waals surface area contributed by atoms with E-state index in [0.717, 1.165) is 0 Å². The SMILES string of the molecule is CC(C)Oc1ccccc1C(=O)NC(=S)NNC(=O)c1ccccc1[N+](=O)[O-]. The van der Waals surface area contributed by atoms with E-state index in [1.54, 1.807) is 24.3 Å². The number of thiocarbonyl (C=S) groups is 1. The smallest absolute Gasteiger partial charge is 0.282 e. The molecule has 0 aliphatic heterocycles. The van der Waals surface area contributed by atoms with Crippen molar-refractivity contribution >= 4 is 34.8 Å². The van der Waals surface area contributed by atoms with Crippen LogP contribution in [-0.2, 0) is 0 Å². The molecule has 0 heterocycles. The highest BCUT2D eigenvalue weighted by atomic mass is 32.1. The Morgan fingerprint density at radius 2 is 1.61 bits per heavy atom. The van der Waals surface area contributed by atoms with Crippen molar-refractivity contribution in [2.24, 2.45) is 0 Å². The van der Waals surface area contributed by atoms with Gasteiger partial charge in [0.15, 0.2) is 5.11 Å². The maximum atomic E-state index is 12.4. The molecule has 0 atom stereocenters. The number of carbonyl (C=O) groups excluding carboxylic acids is 2. The summed E-state index contributed by atoms with van der Waals surface area (Å²) in [5.41, 5.74) is 4.33. The Hall–Kier alpha value is -3.53. The fourth-order valence-corrected chi connectivity index (χ4v) is 2.36. The van der Waals surface area contributed by atoms with Gasteiger partial charge in [0.2, 0.25) is 0 Å². The number of carbonyl (C=O) groups is 2. The highest BCUT2D eigenvalue weighted by Crippen LogP contribution is 2.19. The summed E-state index contributed by atoms with van der Waals surface area (Å²) >= 11 is 4.98. The summed E-state index contributed by atoms with van der Waals surface area (Å²) in [7, 11) is 0. The van der Waals surface area contributed by atoms with Gasteiger partial charge in [-0.2, -0.15) is 0 Å². The number of nitro groups is 1. The fourth-order valence-electron chi connectivity index (χ4n) is 2.22. The Morgan fingerprint density at radius 3 is 2.25 bits per heavy atom. The first kappa shape index (κ1) is 20.8. The van der Waals surface area contributed by atoms with Gasteiger partial charge in [0.1, 0.15) is 11.3 Å². The molecule has 146 valence electrons. The third kappa shape index (κ3) is 5.48. The molecule has 10 heteroatoms. The minimum atomic E-state index is -0.771. The number of benzene rings is 2. The lowest BCUT2D eigenvalue weighted by atomic mass is 10.2. The second-order valence-corrected chi connectivity index (χ2v) is 6.21. The summed E-state index contributed by atoms with van der Waals surface area (Å²) < 4.78 is 5.58. The number of amides is 2.